The van der Waals surface area contributed by atoms with E-state index < -0.39 is 27.9 Å². The molecule has 2 aromatic rings. The van der Waals surface area contributed by atoms with Crippen molar-refractivity contribution in [3.63, 3.8) is 0 Å². The second-order valence-corrected chi connectivity index (χ2v) is 8.02. The van der Waals surface area contributed by atoms with Crippen molar-refractivity contribution in [2.24, 2.45) is 0 Å². The molecule has 1 unspecified atom stereocenters. The van der Waals surface area contributed by atoms with Gasteiger partial charge in [0.05, 0.1) is 16.3 Å². The molecule has 1 atom stereocenters. The zero-order valence-electron chi connectivity index (χ0n) is 12.9. The highest BCUT2D eigenvalue weighted by atomic mass is 35.5. The van der Waals surface area contributed by atoms with Gasteiger partial charge in [-0.15, -0.1) is 0 Å². The van der Waals surface area contributed by atoms with Crippen LogP contribution in [0, 0.1) is 0 Å². The van der Waals surface area contributed by atoms with E-state index in [1.807, 2.05) is 0 Å². The molecular weight excluding hydrogens is 387 g/mol. The maximum Gasteiger partial charge on any atom is 0.269 e. The van der Waals surface area contributed by atoms with Gasteiger partial charge in [0.15, 0.2) is 0 Å². The molecule has 6 nitrogen and oxygen atoms in total. The third-order valence-corrected chi connectivity index (χ3v) is 6.25. The average Bonchev–Trinajstić information content (AvgIpc) is 2.77. The molecule has 1 aliphatic heterocycles. The minimum absolute atomic E-state index is 0.0444. The predicted molar refractivity (Wildman–Crippen MR) is 94.4 cm³/mol. The van der Waals surface area contributed by atoms with E-state index in [4.69, 9.17) is 23.2 Å². The fourth-order valence-electron chi connectivity index (χ4n) is 2.52. The summed E-state index contributed by atoms with van der Waals surface area (Å²) in [4.78, 5) is 24.8. The highest BCUT2D eigenvalue weighted by Crippen LogP contribution is 2.32. The zero-order valence-corrected chi connectivity index (χ0v) is 15.2. The Bertz CT molecular complexity index is 991. The minimum atomic E-state index is -4.09. The van der Waals surface area contributed by atoms with E-state index in [0.29, 0.717) is 9.33 Å². The van der Waals surface area contributed by atoms with Crippen LogP contribution in [0.5, 0.6) is 0 Å². The van der Waals surface area contributed by atoms with Crippen molar-refractivity contribution in [3.05, 3.63) is 58.1 Å². The number of nitrogens with zero attached hydrogens (tertiary/aromatic N) is 1. The smallest absolute Gasteiger partial charge is 0.269 e. The van der Waals surface area contributed by atoms with Gasteiger partial charge in [0.25, 0.3) is 15.9 Å². The third kappa shape index (κ3) is 2.99. The second-order valence-electron chi connectivity index (χ2n) is 5.39. The molecule has 9 heteroatoms. The Morgan fingerprint density at radius 3 is 2.52 bits per heavy atom. The van der Waals surface area contributed by atoms with Crippen LogP contribution in [0.4, 0.5) is 5.69 Å². The highest BCUT2D eigenvalue weighted by molar-refractivity contribution is 7.90. The van der Waals surface area contributed by atoms with Gasteiger partial charge in [-0.25, -0.2) is 12.7 Å². The van der Waals surface area contributed by atoms with E-state index in [1.54, 1.807) is 12.1 Å². The van der Waals surface area contributed by atoms with Gasteiger partial charge in [0.1, 0.15) is 10.9 Å². The summed E-state index contributed by atoms with van der Waals surface area (Å²) < 4.78 is 25.8. The number of amides is 2. The van der Waals surface area contributed by atoms with Gasteiger partial charge in [0.2, 0.25) is 5.91 Å². The molecule has 25 heavy (non-hydrogen) atoms. The van der Waals surface area contributed by atoms with Crippen LogP contribution in [0.3, 0.4) is 0 Å². The van der Waals surface area contributed by atoms with Gasteiger partial charge in [0, 0.05) is 5.02 Å². The molecule has 0 aliphatic carbocycles. The summed E-state index contributed by atoms with van der Waals surface area (Å²) in [6.45, 7) is 1.33. The summed E-state index contributed by atoms with van der Waals surface area (Å²) in [5.41, 5.74) is 0.274. The van der Waals surface area contributed by atoms with Gasteiger partial charge in [-0.1, -0.05) is 35.3 Å². The van der Waals surface area contributed by atoms with Crippen molar-refractivity contribution in [1.82, 2.24) is 4.31 Å². The molecule has 0 saturated heterocycles. The Balaban J connectivity index is 1.91. The first-order valence-electron chi connectivity index (χ1n) is 7.17. The maximum absolute atomic E-state index is 12.6. The first-order chi connectivity index (χ1) is 11.7. The molecule has 130 valence electrons. The lowest BCUT2D eigenvalue weighted by Crippen LogP contribution is -2.45. The fourth-order valence-corrected chi connectivity index (χ4v) is 4.58. The Morgan fingerprint density at radius 1 is 1.16 bits per heavy atom. The van der Waals surface area contributed by atoms with Crippen LogP contribution in [0.1, 0.15) is 17.3 Å². The minimum Gasteiger partial charge on any atom is -0.323 e. The molecule has 0 aromatic heterocycles. The van der Waals surface area contributed by atoms with Crippen LogP contribution in [0.2, 0.25) is 10.0 Å². The number of rotatable bonds is 3. The van der Waals surface area contributed by atoms with E-state index in [-0.39, 0.29) is 21.2 Å². The van der Waals surface area contributed by atoms with E-state index in [1.165, 1.54) is 37.3 Å². The molecule has 0 radical (unpaired) electrons. The number of benzene rings is 2. The van der Waals surface area contributed by atoms with Gasteiger partial charge in [-0.05, 0) is 37.3 Å². The summed E-state index contributed by atoms with van der Waals surface area (Å²) in [6.07, 6.45) is 0. The number of anilines is 1. The molecule has 0 bridgehead atoms. The monoisotopic (exact) mass is 398 g/mol. The molecule has 1 N–H and O–H groups in total. The van der Waals surface area contributed by atoms with Crippen molar-refractivity contribution in [2.45, 2.75) is 17.9 Å². The zero-order chi connectivity index (χ0) is 18.4. The van der Waals surface area contributed by atoms with E-state index >= 15 is 0 Å². The van der Waals surface area contributed by atoms with Crippen molar-refractivity contribution < 1.29 is 18.0 Å². The van der Waals surface area contributed by atoms with Crippen LogP contribution < -0.4 is 5.32 Å². The number of nitrogens with one attached hydrogen (secondary N) is 1. The first-order valence-corrected chi connectivity index (χ1v) is 9.37. The average molecular weight is 399 g/mol. The topological polar surface area (TPSA) is 83.6 Å². The largest absolute Gasteiger partial charge is 0.323 e. The molecule has 2 amide bonds. The number of hydrogen-bond acceptors (Lipinski definition) is 4. The Hall–Kier alpha value is -2.09. The molecule has 1 aliphatic rings. The highest BCUT2D eigenvalue weighted by Gasteiger charge is 2.45. The Morgan fingerprint density at radius 2 is 1.84 bits per heavy atom. The SMILES string of the molecule is CC(C(=O)Nc1cc(Cl)ccc1Cl)N1C(=O)c2ccccc2S1(=O)=O. The van der Waals surface area contributed by atoms with Gasteiger partial charge in [-0.3, -0.25) is 9.59 Å². The fraction of sp³-hybridized carbons (Fsp3) is 0.125. The number of fused-ring (bicyclic) bond motifs is 1. The summed E-state index contributed by atoms with van der Waals surface area (Å²) >= 11 is 11.9. The van der Waals surface area contributed by atoms with E-state index in [9.17, 15) is 18.0 Å². The first kappa shape index (κ1) is 17.7. The van der Waals surface area contributed by atoms with Crippen molar-refractivity contribution in [2.75, 3.05) is 5.32 Å². The summed E-state index contributed by atoms with van der Waals surface area (Å²) in [5, 5.41) is 3.09. The van der Waals surface area contributed by atoms with Crippen LogP contribution >= 0.6 is 23.2 Å². The third-order valence-electron chi connectivity index (χ3n) is 3.77. The molecule has 1 heterocycles. The molecule has 3 rings (SSSR count). The van der Waals surface area contributed by atoms with Crippen LogP contribution in [-0.2, 0) is 14.8 Å². The number of carbonyl (C=O) groups excluding carboxylic acids is 2. The number of carbonyl (C=O) groups is 2. The summed E-state index contributed by atoms with van der Waals surface area (Å²) in [5.74, 6) is -1.44. The van der Waals surface area contributed by atoms with Gasteiger partial charge < -0.3 is 5.32 Å². The van der Waals surface area contributed by atoms with Crippen LogP contribution in [0.15, 0.2) is 47.4 Å². The molecule has 0 saturated carbocycles. The Kier molecular flexibility index (Phi) is 4.49. The lowest BCUT2D eigenvalue weighted by Gasteiger charge is -2.22. The Labute approximate surface area is 154 Å². The standard InChI is InChI=1S/C16H12Cl2N2O4S/c1-9(15(21)19-13-8-10(17)6-7-12(13)18)20-16(22)11-4-2-3-5-14(11)25(20,23)24/h2-9H,1H3,(H,19,21). The van der Waals surface area contributed by atoms with E-state index in [0.717, 1.165) is 0 Å². The molecule has 2 aromatic carbocycles. The van der Waals surface area contributed by atoms with Gasteiger partial charge in [-0.2, -0.15) is 0 Å². The van der Waals surface area contributed by atoms with Crippen molar-refractivity contribution in [1.29, 1.82) is 0 Å². The van der Waals surface area contributed by atoms with E-state index in [2.05, 4.69) is 5.32 Å². The van der Waals surface area contributed by atoms with Gasteiger partial charge >= 0.3 is 0 Å². The molecular formula is C16H12Cl2N2O4S. The summed E-state index contributed by atoms with van der Waals surface area (Å²) in [6, 6.07) is 9.04. The predicted octanol–water partition coefficient (Wildman–Crippen LogP) is 3.17. The quantitative estimate of drug-likeness (QED) is 0.860. The lowest BCUT2D eigenvalue weighted by atomic mass is 10.2. The normalized spacial score (nSPS) is 16.4. The summed E-state index contributed by atoms with van der Waals surface area (Å²) in [7, 11) is -4.09. The number of halogens is 2. The lowest BCUT2D eigenvalue weighted by molar-refractivity contribution is -0.118. The van der Waals surface area contributed by atoms with Crippen LogP contribution in [0.25, 0.3) is 0 Å². The molecule has 0 spiro atoms. The van der Waals surface area contributed by atoms with Crippen molar-refractivity contribution in [3.8, 4) is 0 Å². The van der Waals surface area contributed by atoms with Crippen LogP contribution in [-0.4, -0.2) is 30.6 Å². The number of hydrogen-bond donors (Lipinski definition) is 1. The van der Waals surface area contributed by atoms with Crippen molar-refractivity contribution >= 4 is 50.7 Å². The number of sulfonamides is 1. The molecule has 0 fully saturated rings. The maximum atomic E-state index is 12.6. The second kappa shape index (κ2) is 6.33.